The topological polar surface area (TPSA) is 80.4 Å². The fraction of sp³-hybridized carbons (Fsp3) is 0.100. The summed E-state index contributed by atoms with van der Waals surface area (Å²) in [6.45, 7) is 0. The summed E-state index contributed by atoms with van der Waals surface area (Å²) >= 11 is 1.27. The van der Waals surface area contributed by atoms with E-state index in [0.717, 1.165) is 6.08 Å². The first kappa shape index (κ1) is 12.3. The molecule has 1 aromatic rings. The number of thioether (sulfide) groups is 1. The minimum Gasteiger partial charge on any atom is -0.478 e. The molecule has 0 aromatic heterocycles. The zero-order valence-corrected chi connectivity index (χ0v) is 9.23. The van der Waals surface area contributed by atoms with E-state index in [0.29, 0.717) is 10.5 Å². The van der Waals surface area contributed by atoms with Gasteiger partial charge in [-0.3, -0.25) is 10.1 Å². The standard InChI is InChI=1S/C10H9NO4S/c1-16-9-4-2-7(3-5-10(12)13)6-8(9)11(14)15/h2-6H,1H3,(H,12,13)/b5-3+. The number of nitro benzene ring substituents is 1. The van der Waals surface area contributed by atoms with Gasteiger partial charge in [0, 0.05) is 12.1 Å². The summed E-state index contributed by atoms with van der Waals surface area (Å²) in [5.41, 5.74) is 0.479. The maximum Gasteiger partial charge on any atom is 0.328 e. The van der Waals surface area contributed by atoms with Crippen LogP contribution in [-0.2, 0) is 4.79 Å². The van der Waals surface area contributed by atoms with Crippen molar-refractivity contribution in [3.05, 3.63) is 40.0 Å². The summed E-state index contributed by atoms with van der Waals surface area (Å²) in [6.07, 6.45) is 4.01. The van der Waals surface area contributed by atoms with Crippen LogP contribution < -0.4 is 0 Å². The predicted molar refractivity (Wildman–Crippen MR) is 61.5 cm³/mol. The van der Waals surface area contributed by atoms with E-state index in [1.165, 1.54) is 23.9 Å². The molecule has 0 aliphatic rings. The van der Waals surface area contributed by atoms with Gasteiger partial charge in [0.1, 0.15) is 0 Å². The maximum absolute atomic E-state index is 10.7. The van der Waals surface area contributed by atoms with E-state index in [4.69, 9.17) is 5.11 Å². The van der Waals surface area contributed by atoms with Crippen LogP contribution in [0.5, 0.6) is 0 Å². The molecule has 1 N–H and O–H groups in total. The van der Waals surface area contributed by atoms with Gasteiger partial charge in [0.05, 0.1) is 9.82 Å². The van der Waals surface area contributed by atoms with Crippen LogP contribution >= 0.6 is 11.8 Å². The van der Waals surface area contributed by atoms with Crippen molar-refractivity contribution in [3.63, 3.8) is 0 Å². The third-order valence-corrected chi connectivity index (χ3v) is 2.60. The summed E-state index contributed by atoms with van der Waals surface area (Å²) in [4.78, 5) is 21.1. The van der Waals surface area contributed by atoms with Crippen LogP contribution in [0.15, 0.2) is 29.2 Å². The number of rotatable bonds is 4. The van der Waals surface area contributed by atoms with E-state index < -0.39 is 10.9 Å². The van der Waals surface area contributed by atoms with Gasteiger partial charge in [0.2, 0.25) is 0 Å². The van der Waals surface area contributed by atoms with Gasteiger partial charge >= 0.3 is 5.97 Å². The van der Waals surface area contributed by atoms with E-state index in [1.807, 2.05) is 0 Å². The lowest BCUT2D eigenvalue weighted by atomic mass is 10.2. The molecule has 6 heteroatoms. The van der Waals surface area contributed by atoms with Gasteiger partial charge < -0.3 is 5.11 Å². The second-order valence-electron chi connectivity index (χ2n) is 2.86. The van der Waals surface area contributed by atoms with Crippen molar-refractivity contribution in [2.24, 2.45) is 0 Å². The van der Waals surface area contributed by atoms with Crippen molar-refractivity contribution in [1.29, 1.82) is 0 Å². The van der Waals surface area contributed by atoms with Crippen LogP contribution in [0.3, 0.4) is 0 Å². The molecule has 0 aliphatic carbocycles. The summed E-state index contributed by atoms with van der Waals surface area (Å²) in [6, 6.07) is 4.59. The van der Waals surface area contributed by atoms with Crippen molar-refractivity contribution in [1.82, 2.24) is 0 Å². The highest BCUT2D eigenvalue weighted by Gasteiger charge is 2.12. The first-order valence-electron chi connectivity index (χ1n) is 4.28. The molecule has 0 fully saturated rings. The number of carboxylic acid groups (broad SMARTS) is 1. The lowest BCUT2D eigenvalue weighted by Crippen LogP contribution is -1.91. The molecule has 0 heterocycles. The maximum atomic E-state index is 10.7. The van der Waals surface area contributed by atoms with Crippen LogP contribution in [0.1, 0.15) is 5.56 Å². The van der Waals surface area contributed by atoms with Crippen molar-refractivity contribution < 1.29 is 14.8 Å². The number of carbonyl (C=O) groups is 1. The van der Waals surface area contributed by atoms with E-state index in [2.05, 4.69) is 0 Å². The van der Waals surface area contributed by atoms with Gasteiger partial charge in [-0.25, -0.2) is 4.79 Å². The Labute approximate surface area is 95.9 Å². The fourth-order valence-electron chi connectivity index (χ4n) is 1.12. The minimum atomic E-state index is -1.09. The molecule has 0 saturated heterocycles. The Morgan fingerprint density at radius 1 is 1.56 bits per heavy atom. The van der Waals surface area contributed by atoms with Crippen LogP contribution in [0.4, 0.5) is 5.69 Å². The van der Waals surface area contributed by atoms with Crippen molar-refractivity contribution >= 4 is 29.5 Å². The third-order valence-electron chi connectivity index (χ3n) is 1.82. The van der Waals surface area contributed by atoms with Gasteiger partial charge in [-0.1, -0.05) is 6.07 Å². The minimum absolute atomic E-state index is 0.0139. The molecule has 0 amide bonds. The highest BCUT2D eigenvalue weighted by molar-refractivity contribution is 7.98. The normalized spacial score (nSPS) is 10.6. The molecular weight excluding hydrogens is 230 g/mol. The van der Waals surface area contributed by atoms with Crippen molar-refractivity contribution in [2.45, 2.75) is 4.90 Å². The number of carboxylic acids is 1. The van der Waals surface area contributed by atoms with E-state index in [1.54, 1.807) is 18.4 Å². The summed E-state index contributed by atoms with van der Waals surface area (Å²) < 4.78 is 0. The number of hydrogen-bond donors (Lipinski definition) is 1. The summed E-state index contributed by atoms with van der Waals surface area (Å²) in [5.74, 6) is -1.09. The quantitative estimate of drug-likeness (QED) is 0.377. The molecule has 5 nitrogen and oxygen atoms in total. The smallest absolute Gasteiger partial charge is 0.328 e. The molecule has 0 spiro atoms. The zero-order chi connectivity index (χ0) is 12.1. The Morgan fingerprint density at radius 2 is 2.25 bits per heavy atom. The lowest BCUT2D eigenvalue weighted by molar-refractivity contribution is -0.387. The Kier molecular flexibility index (Phi) is 4.07. The summed E-state index contributed by atoms with van der Waals surface area (Å²) in [7, 11) is 0. The Hall–Kier alpha value is -1.82. The molecule has 16 heavy (non-hydrogen) atoms. The second-order valence-corrected chi connectivity index (χ2v) is 3.71. The predicted octanol–water partition coefficient (Wildman–Crippen LogP) is 2.41. The largest absolute Gasteiger partial charge is 0.478 e. The lowest BCUT2D eigenvalue weighted by Gasteiger charge is -2.00. The number of benzene rings is 1. The first-order chi connectivity index (χ1) is 7.54. The van der Waals surface area contributed by atoms with Crippen LogP contribution in [-0.4, -0.2) is 22.3 Å². The molecular formula is C10H9NO4S. The SMILES string of the molecule is CSc1ccc(/C=C/C(=O)O)cc1[N+](=O)[O-]. The van der Waals surface area contributed by atoms with E-state index in [9.17, 15) is 14.9 Å². The van der Waals surface area contributed by atoms with Gasteiger partial charge in [0.25, 0.3) is 5.69 Å². The molecule has 0 radical (unpaired) electrons. The van der Waals surface area contributed by atoms with Gasteiger partial charge in [-0.05, 0) is 24.0 Å². The molecule has 1 aromatic carbocycles. The fourth-order valence-corrected chi connectivity index (χ4v) is 1.67. The molecule has 0 unspecified atom stereocenters. The number of nitrogens with zero attached hydrogens (tertiary/aromatic N) is 1. The summed E-state index contributed by atoms with van der Waals surface area (Å²) in [5, 5.41) is 19.2. The first-order valence-corrected chi connectivity index (χ1v) is 5.50. The van der Waals surface area contributed by atoms with Crippen molar-refractivity contribution in [3.8, 4) is 0 Å². The number of aliphatic carboxylic acids is 1. The van der Waals surface area contributed by atoms with Crippen LogP contribution in [0, 0.1) is 10.1 Å². The second kappa shape index (κ2) is 5.32. The number of hydrogen-bond acceptors (Lipinski definition) is 4. The highest BCUT2D eigenvalue weighted by Crippen LogP contribution is 2.28. The molecule has 0 aliphatic heterocycles. The molecule has 0 atom stereocenters. The molecule has 0 bridgehead atoms. The average molecular weight is 239 g/mol. The van der Waals surface area contributed by atoms with Crippen molar-refractivity contribution in [2.75, 3.05) is 6.26 Å². The van der Waals surface area contributed by atoms with Gasteiger partial charge in [0.15, 0.2) is 0 Å². The third kappa shape index (κ3) is 3.09. The zero-order valence-electron chi connectivity index (χ0n) is 8.41. The molecule has 0 saturated carbocycles. The van der Waals surface area contributed by atoms with E-state index in [-0.39, 0.29) is 5.69 Å². The molecule has 1 rings (SSSR count). The van der Waals surface area contributed by atoms with Crippen LogP contribution in [0.25, 0.3) is 6.08 Å². The number of nitro groups is 1. The van der Waals surface area contributed by atoms with Gasteiger partial charge in [-0.15, -0.1) is 11.8 Å². The Morgan fingerprint density at radius 3 is 2.75 bits per heavy atom. The monoisotopic (exact) mass is 239 g/mol. The van der Waals surface area contributed by atoms with E-state index >= 15 is 0 Å². The molecule has 84 valence electrons. The van der Waals surface area contributed by atoms with Crippen LogP contribution in [0.2, 0.25) is 0 Å². The average Bonchev–Trinajstić information content (AvgIpc) is 2.25. The Bertz CT molecular complexity index is 456. The highest BCUT2D eigenvalue weighted by atomic mass is 32.2. The van der Waals surface area contributed by atoms with Gasteiger partial charge in [-0.2, -0.15) is 0 Å². The Balaban J connectivity index is 3.12.